The number of hydrogen-bond acceptors (Lipinski definition) is 3. The van der Waals surface area contributed by atoms with Crippen molar-refractivity contribution in [3.8, 4) is 5.75 Å². The summed E-state index contributed by atoms with van der Waals surface area (Å²) >= 11 is 5.75. The number of carbonyl (C=O) groups is 1. The van der Waals surface area contributed by atoms with E-state index in [1.807, 2.05) is 0 Å². The molecular formula is C9H8ClNO3. The normalized spacial score (nSPS) is 15.2. The van der Waals surface area contributed by atoms with Gasteiger partial charge in [-0.2, -0.15) is 0 Å². The number of ether oxygens (including phenoxy) is 1. The minimum atomic E-state index is -1.05. The molecule has 0 amide bonds. The van der Waals surface area contributed by atoms with Crippen molar-refractivity contribution in [2.24, 2.45) is 0 Å². The van der Waals surface area contributed by atoms with Gasteiger partial charge < -0.3 is 9.84 Å². The zero-order chi connectivity index (χ0) is 10.1. The maximum atomic E-state index is 10.8. The molecule has 1 aliphatic carbocycles. The molecule has 1 saturated carbocycles. The third-order valence-corrected chi connectivity index (χ3v) is 2.17. The molecule has 1 aliphatic rings. The van der Waals surface area contributed by atoms with Crippen LogP contribution in [0.4, 0.5) is 0 Å². The number of rotatable bonds is 3. The van der Waals surface area contributed by atoms with Gasteiger partial charge in [0.15, 0.2) is 10.9 Å². The van der Waals surface area contributed by atoms with Crippen molar-refractivity contribution < 1.29 is 14.6 Å². The summed E-state index contributed by atoms with van der Waals surface area (Å²) in [5.74, 6) is -0.867. The van der Waals surface area contributed by atoms with Crippen LogP contribution in [0.25, 0.3) is 0 Å². The second kappa shape index (κ2) is 3.46. The number of carboxylic acids is 1. The van der Waals surface area contributed by atoms with Gasteiger partial charge in [0, 0.05) is 6.20 Å². The molecule has 5 heteroatoms. The van der Waals surface area contributed by atoms with Crippen LogP contribution in [0.5, 0.6) is 5.75 Å². The Hall–Kier alpha value is -1.29. The van der Waals surface area contributed by atoms with Gasteiger partial charge in [-0.15, -0.1) is 0 Å². The summed E-state index contributed by atoms with van der Waals surface area (Å²) in [6.45, 7) is 0. The Bertz CT molecular complexity index is 376. The molecular weight excluding hydrogens is 206 g/mol. The Kier molecular flexibility index (Phi) is 2.29. The third-order valence-electron chi connectivity index (χ3n) is 1.90. The van der Waals surface area contributed by atoms with Crippen LogP contribution in [0.15, 0.2) is 12.3 Å². The van der Waals surface area contributed by atoms with E-state index in [1.165, 1.54) is 12.3 Å². The molecule has 0 aliphatic heterocycles. The van der Waals surface area contributed by atoms with Gasteiger partial charge in [0.2, 0.25) is 0 Å². The molecule has 0 aromatic carbocycles. The Balaban J connectivity index is 2.36. The molecule has 14 heavy (non-hydrogen) atoms. The molecule has 2 rings (SSSR count). The Morgan fingerprint density at radius 3 is 2.93 bits per heavy atom. The van der Waals surface area contributed by atoms with Crippen molar-refractivity contribution in [3.05, 3.63) is 23.0 Å². The highest BCUT2D eigenvalue weighted by atomic mass is 35.5. The fourth-order valence-electron chi connectivity index (χ4n) is 1.06. The zero-order valence-electron chi connectivity index (χ0n) is 7.24. The van der Waals surface area contributed by atoms with Crippen LogP contribution in [0.3, 0.4) is 0 Å². The number of pyridine rings is 1. The fraction of sp³-hybridized carbons (Fsp3) is 0.333. The molecule has 0 spiro atoms. The lowest BCUT2D eigenvalue weighted by Crippen LogP contribution is -2.05. The summed E-state index contributed by atoms with van der Waals surface area (Å²) in [5, 5.41) is 8.97. The second-order valence-corrected chi connectivity index (χ2v) is 3.46. The maximum absolute atomic E-state index is 10.8. The number of aromatic carboxylic acids is 1. The molecule has 74 valence electrons. The molecule has 1 fully saturated rings. The minimum Gasteiger partial charge on any atom is -0.486 e. The lowest BCUT2D eigenvalue weighted by atomic mass is 10.2. The summed E-state index contributed by atoms with van der Waals surface area (Å²) in [5.41, 5.74) is 0.0666. The highest BCUT2D eigenvalue weighted by Crippen LogP contribution is 2.33. The van der Waals surface area contributed by atoms with E-state index in [4.69, 9.17) is 21.4 Å². The van der Waals surface area contributed by atoms with Gasteiger partial charge >= 0.3 is 5.97 Å². The first-order chi connectivity index (χ1) is 6.68. The van der Waals surface area contributed by atoms with Gasteiger partial charge in [-0.25, -0.2) is 9.78 Å². The lowest BCUT2D eigenvalue weighted by molar-refractivity contribution is 0.0691. The lowest BCUT2D eigenvalue weighted by Gasteiger charge is -2.08. The van der Waals surface area contributed by atoms with Crippen molar-refractivity contribution in [1.29, 1.82) is 0 Å². The smallest absolute Gasteiger partial charge is 0.339 e. The van der Waals surface area contributed by atoms with E-state index >= 15 is 0 Å². The van der Waals surface area contributed by atoms with Crippen LogP contribution in [0.1, 0.15) is 23.2 Å². The van der Waals surface area contributed by atoms with E-state index < -0.39 is 5.97 Å². The SMILES string of the molecule is O=C(O)c1ccnc(Cl)c1OC1CC1. The van der Waals surface area contributed by atoms with Crippen molar-refractivity contribution in [3.63, 3.8) is 0 Å². The molecule has 1 N–H and O–H groups in total. The van der Waals surface area contributed by atoms with Crippen LogP contribution in [-0.4, -0.2) is 22.2 Å². The highest BCUT2D eigenvalue weighted by molar-refractivity contribution is 6.31. The maximum Gasteiger partial charge on any atom is 0.339 e. The second-order valence-electron chi connectivity index (χ2n) is 3.10. The first kappa shape index (κ1) is 9.27. The number of aromatic nitrogens is 1. The summed E-state index contributed by atoms with van der Waals surface area (Å²) in [4.78, 5) is 14.6. The van der Waals surface area contributed by atoms with Crippen molar-refractivity contribution in [2.75, 3.05) is 0 Å². The number of halogens is 1. The third kappa shape index (κ3) is 1.80. The quantitative estimate of drug-likeness (QED) is 0.780. The van der Waals surface area contributed by atoms with Crippen LogP contribution in [0, 0.1) is 0 Å². The van der Waals surface area contributed by atoms with E-state index in [-0.39, 0.29) is 22.6 Å². The van der Waals surface area contributed by atoms with Gasteiger partial charge in [-0.3, -0.25) is 0 Å². The van der Waals surface area contributed by atoms with Gasteiger partial charge in [-0.05, 0) is 18.9 Å². The first-order valence-electron chi connectivity index (χ1n) is 4.23. The fourth-order valence-corrected chi connectivity index (χ4v) is 1.26. The Morgan fingerprint density at radius 1 is 1.64 bits per heavy atom. The number of nitrogens with zero attached hydrogens (tertiary/aromatic N) is 1. The van der Waals surface area contributed by atoms with E-state index in [2.05, 4.69) is 4.98 Å². The standard InChI is InChI=1S/C9H8ClNO3/c10-8-7(14-5-1-2-5)6(9(12)13)3-4-11-8/h3-5H,1-2H2,(H,12,13). The predicted octanol–water partition coefficient (Wildman–Crippen LogP) is 1.97. The summed E-state index contributed by atoms with van der Waals surface area (Å²) in [6, 6.07) is 1.38. The molecule has 0 unspecified atom stereocenters. The van der Waals surface area contributed by atoms with Crippen LogP contribution in [0.2, 0.25) is 5.15 Å². The van der Waals surface area contributed by atoms with Crippen LogP contribution in [-0.2, 0) is 0 Å². The van der Waals surface area contributed by atoms with E-state index in [0.717, 1.165) is 12.8 Å². The largest absolute Gasteiger partial charge is 0.486 e. The summed E-state index contributed by atoms with van der Waals surface area (Å²) < 4.78 is 5.37. The Morgan fingerprint density at radius 2 is 2.36 bits per heavy atom. The average molecular weight is 214 g/mol. The van der Waals surface area contributed by atoms with Gasteiger partial charge in [0.25, 0.3) is 0 Å². The van der Waals surface area contributed by atoms with Gasteiger partial charge in [-0.1, -0.05) is 11.6 Å². The molecule has 0 saturated heterocycles. The Labute approximate surface area is 85.5 Å². The van der Waals surface area contributed by atoms with Crippen LogP contribution < -0.4 is 4.74 Å². The molecule has 1 aromatic heterocycles. The van der Waals surface area contributed by atoms with Crippen molar-refractivity contribution in [2.45, 2.75) is 18.9 Å². The average Bonchev–Trinajstić information content (AvgIpc) is 2.91. The monoisotopic (exact) mass is 213 g/mol. The van der Waals surface area contributed by atoms with Crippen LogP contribution >= 0.6 is 11.6 Å². The zero-order valence-corrected chi connectivity index (χ0v) is 7.99. The molecule has 0 bridgehead atoms. The van der Waals surface area contributed by atoms with E-state index in [1.54, 1.807) is 0 Å². The topological polar surface area (TPSA) is 59.4 Å². The predicted molar refractivity (Wildman–Crippen MR) is 49.9 cm³/mol. The molecule has 0 atom stereocenters. The highest BCUT2D eigenvalue weighted by Gasteiger charge is 2.27. The number of carboxylic acid groups (broad SMARTS) is 1. The summed E-state index contributed by atoms with van der Waals surface area (Å²) in [7, 11) is 0. The van der Waals surface area contributed by atoms with E-state index in [0.29, 0.717) is 0 Å². The molecule has 1 aromatic rings. The molecule has 0 radical (unpaired) electrons. The van der Waals surface area contributed by atoms with Crippen molar-refractivity contribution >= 4 is 17.6 Å². The molecule has 4 nitrogen and oxygen atoms in total. The van der Waals surface area contributed by atoms with Gasteiger partial charge in [0.05, 0.1) is 6.10 Å². The minimum absolute atomic E-state index is 0.0666. The summed E-state index contributed by atoms with van der Waals surface area (Å²) in [6.07, 6.45) is 3.36. The molecule has 1 heterocycles. The van der Waals surface area contributed by atoms with Gasteiger partial charge in [0.1, 0.15) is 5.56 Å². The first-order valence-corrected chi connectivity index (χ1v) is 4.60. The van der Waals surface area contributed by atoms with Crippen molar-refractivity contribution in [1.82, 2.24) is 4.98 Å². The number of hydrogen-bond donors (Lipinski definition) is 1. The van der Waals surface area contributed by atoms with E-state index in [9.17, 15) is 4.79 Å².